The van der Waals surface area contributed by atoms with Gasteiger partial charge in [-0.3, -0.25) is 24.0 Å². The lowest BCUT2D eigenvalue weighted by Crippen LogP contribution is -2.63. The van der Waals surface area contributed by atoms with Crippen molar-refractivity contribution in [1.82, 2.24) is 0 Å². The number of hydrogen-bond donors (Lipinski definition) is 0. The van der Waals surface area contributed by atoms with Crippen LogP contribution in [0, 0.1) is 0 Å². The van der Waals surface area contributed by atoms with E-state index in [0.29, 0.717) is 0 Å². The van der Waals surface area contributed by atoms with Gasteiger partial charge in [-0.15, -0.1) is 0 Å². The van der Waals surface area contributed by atoms with E-state index in [1.54, 1.807) is 0 Å². The number of carbonyl (C=O) groups is 5. The maximum Gasteiger partial charge on any atom is 0.305 e. The zero-order chi connectivity index (χ0) is 20.7. The summed E-state index contributed by atoms with van der Waals surface area (Å²) in [5.41, 5.74) is 0. The van der Waals surface area contributed by atoms with Crippen molar-refractivity contribution in [1.29, 1.82) is 0 Å². The molecule has 1 saturated heterocycles. The Labute approximate surface area is 155 Å². The highest BCUT2D eigenvalue weighted by Crippen LogP contribution is 2.29. The average Bonchev–Trinajstić information content (AvgIpc) is 2.49. The van der Waals surface area contributed by atoms with E-state index < -0.39 is 67.2 Å². The molecule has 0 N–H and O–H groups in total. The van der Waals surface area contributed by atoms with Gasteiger partial charge < -0.3 is 28.4 Å². The summed E-state index contributed by atoms with van der Waals surface area (Å²) in [6.07, 6.45) is -6.70. The lowest BCUT2D eigenvalue weighted by atomic mass is 9.98. The molecule has 0 amide bonds. The number of rotatable bonds is 6. The molecule has 0 spiro atoms. The van der Waals surface area contributed by atoms with Crippen LogP contribution in [0.4, 0.5) is 0 Å². The Morgan fingerprint density at radius 2 is 1.07 bits per heavy atom. The third kappa shape index (κ3) is 7.21. The fourth-order valence-electron chi connectivity index (χ4n) is 2.45. The molecule has 0 aromatic rings. The quantitative estimate of drug-likeness (QED) is 0.433. The van der Waals surface area contributed by atoms with Crippen molar-refractivity contribution in [2.45, 2.75) is 65.3 Å². The molecule has 11 nitrogen and oxygen atoms in total. The molecule has 0 aromatic carbocycles. The van der Waals surface area contributed by atoms with Crippen molar-refractivity contribution < 1.29 is 52.4 Å². The van der Waals surface area contributed by atoms with Crippen molar-refractivity contribution in [2.24, 2.45) is 0 Å². The molecule has 1 aliphatic rings. The van der Waals surface area contributed by atoms with Gasteiger partial charge >= 0.3 is 29.8 Å². The highest BCUT2D eigenvalue weighted by molar-refractivity contribution is 5.69. The molecule has 0 aromatic heterocycles. The first-order valence-electron chi connectivity index (χ1n) is 7.99. The summed E-state index contributed by atoms with van der Waals surface area (Å²) in [6.45, 7) is 5.13. The first-order valence-corrected chi connectivity index (χ1v) is 7.99. The van der Waals surface area contributed by atoms with Crippen molar-refractivity contribution in [3.8, 4) is 0 Å². The van der Waals surface area contributed by atoms with E-state index in [9.17, 15) is 24.0 Å². The molecule has 1 fully saturated rings. The topological polar surface area (TPSA) is 141 Å². The number of esters is 5. The van der Waals surface area contributed by atoms with Crippen LogP contribution in [0.2, 0.25) is 0 Å². The summed E-state index contributed by atoms with van der Waals surface area (Å²) in [7, 11) is 0. The van der Waals surface area contributed by atoms with Gasteiger partial charge in [-0.2, -0.15) is 0 Å². The van der Waals surface area contributed by atoms with E-state index in [1.807, 2.05) is 0 Å². The van der Waals surface area contributed by atoms with Gasteiger partial charge in [0.25, 0.3) is 0 Å². The Hall–Kier alpha value is -2.69. The molecule has 1 heterocycles. The molecule has 0 saturated carbocycles. The molecule has 5 atom stereocenters. The highest BCUT2D eigenvalue weighted by Gasteiger charge is 2.53. The molecule has 1 unspecified atom stereocenters. The SMILES string of the molecule is CC(=O)OC[C@@H]1OC(OC(C)=O)[C@H](OC(C)=O)[C@@H](OC(C)=O)[C@H]1OC(C)=O. The molecular formula is C16H22O11. The molecule has 1 rings (SSSR count). The average molecular weight is 390 g/mol. The van der Waals surface area contributed by atoms with Crippen molar-refractivity contribution in [3.05, 3.63) is 0 Å². The molecular weight excluding hydrogens is 368 g/mol. The standard InChI is InChI=1S/C16H22O11/c1-7(17)22-6-12-13(23-8(2)18)14(24-9(3)19)15(25-10(4)20)16(27-12)26-11(5)21/h12-16H,6H2,1-5H3/t12-,13-,14-,15+,16?/m0/s1. The molecule has 0 bridgehead atoms. The van der Waals surface area contributed by atoms with Gasteiger partial charge in [0.15, 0.2) is 12.2 Å². The second-order valence-electron chi connectivity index (χ2n) is 5.68. The van der Waals surface area contributed by atoms with E-state index >= 15 is 0 Å². The van der Waals surface area contributed by atoms with Crippen LogP contribution in [0.15, 0.2) is 0 Å². The summed E-state index contributed by atoms with van der Waals surface area (Å²) in [6, 6.07) is 0. The van der Waals surface area contributed by atoms with E-state index in [0.717, 1.165) is 34.6 Å². The number of ether oxygens (including phenoxy) is 6. The van der Waals surface area contributed by atoms with Crippen molar-refractivity contribution in [2.75, 3.05) is 6.61 Å². The maximum atomic E-state index is 11.5. The zero-order valence-corrected chi connectivity index (χ0v) is 15.6. The van der Waals surface area contributed by atoms with E-state index in [2.05, 4.69) is 0 Å². The largest absolute Gasteiger partial charge is 0.463 e. The predicted octanol–water partition coefficient (Wildman–Crippen LogP) is -0.367. The minimum atomic E-state index is -1.48. The predicted molar refractivity (Wildman–Crippen MR) is 83.7 cm³/mol. The summed E-state index contributed by atoms with van der Waals surface area (Å²) in [5, 5.41) is 0. The fraction of sp³-hybridized carbons (Fsp3) is 0.688. The molecule has 27 heavy (non-hydrogen) atoms. The lowest BCUT2D eigenvalue weighted by molar-refractivity contribution is -0.300. The Bertz CT molecular complexity index is 599. The van der Waals surface area contributed by atoms with Gasteiger partial charge in [0.1, 0.15) is 12.7 Å². The summed E-state index contributed by atoms with van der Waals surface area (Å²) >= 11 is 0. The van der Waals surface area contributed by atoms with E-state index in [4.69, 9.17) is 28.4 Å². The third-order valence-electron chi connectivity index (χ3n) is 3.23. The highest BCUT2D eigenvalue weighted by atomic mass is 16.7. The van der Waals surface area contributed by atoms with Crippen LogP contribution >= 0.6 is 0 Å². The maximum absolute atomic E-state index is 11.5. The Morgan fingerprint density at radius 3 is 1.52 bits per heavy atom. The number of carbonyl (C=O) groups excluding carboxylic acids is 5. The Balaban J connectivity index is 3.29. The van der Waals surface area contributed by atoms with Crippen molar-refractivity contribution >= 4 is 29.8 Å². The Kier molecular flexibility index (Phi) is 8.16. The van der Waals surface area contributed by atoms with E-state index in [-0.39, 0.29) is 0 Å². The van der Waals surface area contributed by atoms with Crippen LogP contribution in [0.1, 0.15) is 34.6 Å². The van der Waals surface area contributed by atoms with Gasteiger partial charge in [-0.1, -0.05) is 0 Å². The monoisotopic (exact) mass is 390 g/mol. The van der Waals surface area contributed by atoms with Gasteiger partial charge in [0, 0.05) is 34.6 Å². The smallest absolute Gasteiger partial charge is 0.305 e. The van der Waals surface area contributed by atoms with Crippen LogP contribution in [0.5, 0.6) is 0 Å². The second-order valence-corrected chi connectivity index (χ2v) is 5.68. The number of hydrogen-bond acceptors (Lipinski definition) is 11. The molecule has 152 valence electrons. The zero-order valence-electron chi connectivity index (χ0n) is 15.6. The minimum absolute atomic E-state index is 0.393. The van der Waals surface area contributed by atoms with Gasteiger partial charge in [-0.25, -0.2) is 0 Å². The lowest BCUT2D eigenvalue weighted by Gasteiger charge is -2.43. The van der Waals surface area contributed by atoms with Crippen LogP contribution in [-0.4, -0.2) is 67.2 Å². The van der Waals surface area contributed by atoms with Gasteiger partial charge in [0.2, 0.25) is 12.4 Å². The summed E-state index contributed by atoms with van der Waals surface area (Å²) in [5.74, 6) is -3.71. The second kappa shape index (κ2) is 9.86. The van der Waals surface area contributed by atoms with Crippen LogP contribution in [0.3, 0.4) is 0 Å². The summed E-state index contributed by atoms with van der Waals surface area (Å²) in [4.78, 5) is 57.0. The van der Waals surface area contributed by atoms with E-state index in [1.165, 1.54) is 0 Å². The molecule has 0 aliphatic carbocycles. The molecule has 0 radical (unpaired) electrons. The third-order valence-corrected chi connectivity index (χ3v) is 3.23. The van der Waals surface area contributed by atoms with Crippen LogP contribution < -0.4 is 0 Å². The first-order chi connectivity index (χ1) is 12.5. The molecule has 11 heteroatoms. The summed E-state index contributed by atoms with van der Waals surface area (Å²) < 4.78 is 30.8. The normalized spacial score (nSPS) is 27.1. The van der Waals surface area contributed by atoms with Gasteiger partial charge in [-0.05, 0) is 0 Å². The van der Waals surface area contributed by atoms with Crippen molar-refractivity contribution in [3.63, 3.8) is 0 Å². The molecule has 1 aliphatic heterocycles. The van der Waals surface area contributed by atoms with Crippen LogP contribution in [0.25, 0.3) is 0 Å². The minimum Gasteiger partial charge on any atom is -0.463 e. The first kappa shape index (κ1) is 22.4. The fourth-order valence-corrected chi connectivity index (χ4v) is 2.45. The van der Waals surface area contributed by atoms with Gasteiger partial charge in [0.05, 0.1) is 0 Å². The van der Waals surface area contributed by atoms with Crippen LogP contribution in [-0.2, 0) is 52.4 Å². The Morgan fingerprint density at radius 1 is 0.630 bits per heavy atom.